The summed E-state index contributed by atoms with van der Waals surface area (Å²) >= 11 is 12.2. The molecule has 3 rings (SSSR count). The molecule has 1 aliphatic carbocycles. The summed E-state index contributed by atoms with van der Waals surface area (Å²) < 4.78 is 39.3. The highest BCUT2D eigenvalue weighted by atomic mass is 35.5. The maximum Gasteiger partial charge on any atom is 0.333 e. The predicted octanol–water partition coefficient (Wildman–Crippen LogP) is 3.33. The van der Waals surface area contributed by atoms with Gasteiger partial charge in [-0.3, -0.25) is 4.18 Å². The molecule has 1 spiro atoms. The zero-order valence-corrected chi connectivity index (χ0v) is 15.2. The van der Waals surface area contributed by atoms with E-state index in [1.165, 1.54) is 0 Å². The number of nitrogens with two attached hydrogens (primary N) is 1. The number of benzene rings is 1. The van der Waals surface area contributed by atoms with Crippen LogP contribution in [0.3, 0.4) is 0 Å². The largest absolute Gasteiger partial charge is 0.341 e. The van der Waals surface area contributed by atoms with Gasteiger partial charge < -0.3 is 9.47 Å². The molecule has 0 amide bonds. The smallest absolute Gasteiger partial charge is 0.333 e. The van der Waals surface area contributed by atoms with Crippen molar-refractivity contribution in [1.29, 1.82) is 0 Å². The second kappa shape index (κ2) is 7.07. The van der Waals surface area contributed by atoms with Crippen LogP contribution in [0.25, 0.3) is 0 Å². The minimum absolute atomic E-state index is 0.232. The van der Waals surface area contributed by atoms with Crippen LogP contribution in [0.1, 0.15) is 43.8 Å². The van der Waals surface area contributed by atoms with Gasteiger partial charge in [-0.1, -0.05) is 35.7 Å². The lowest BCUT2D eigenvalue weighted by atomic mass is 9.94. The van der Waals surface area contributed by atoms with Gasteiger partial charge in [0, 0.05) is 28.5 Å². The van der Waals surface area contributed by atoms with Gasteiger partial charge >= 0.3 is 10.3 Å². The van der Waals surface area contributed by atoms with Gasteiger partial charge in [0.25, 0.3) is 0 Å². The first-order valence-corrected chi connectivity index (χ1v) is 9.98. The first-order valence-electron chi connectivity index (χ1n) is 7.76. The Morgan fingerprint density at radius 2 is 1.92 bits per heavy atom. The molecule has 9 heteroatoms. The highest BCUT2D eigenvalue weighted by Gasteiger charge is 2.49. The average molecular weight is 396 g/mol. The molecule has 2 aliphatic rings. The normalized spacial score (nSPS) is 26.8. The predicted molar refractivity (Wildman–Crippen MR) is 90.0 cm³/mol. The molecule has 0 unspecified atom stereocenters. The Hall–Kier alpha value is -0.410. The molecule has 1 aromatic rings. The van der Waals surface area contributed by atoms with Crippen molar-refractivity contribution in [1.82, 2.24) is 0 Å². The molecule has 0 radical (unpaired) electrons. The molecule has 134 valence electrons. The number of hydrogen-bond acceptors (Lipinski definition) is 5. The monoisotopic (exact) mass is 395 g/mol. The minimum Gasteiger partial charge on any atom is -0.341 e. The fraction of sp³-hybridized carbons (Fsp3) is 0.600. The Labute approximate surface area is 151 Å². The summed E-state index contributed by atoms with van der Waals surface area (Å²) in [5, 5.41) is 5.87. The maximum absolute atomic E-state index is 11.1. The lowest BCUT2D eigenvalue weighted by Crippen LogP contribution is -2.34. The van der Waals surface area contributed by atoms with Crippen LogP contribution in [0.5, 0.6) is 0 Å². The van der Waals surface area contributed by atoms with E-state index < -0.39 is 28.3 Å². The van der Waals surface area contributed by atoms with E-state index in [1.54, 1.807) is 18.2 Å². The Morgan fingerprint density at radius 3 is 2.54 bits per heavy atom. The second-order valence-electron chi connectivity index (χ2n) is 6.11. The quantitative estimate of drug-likeness (QED) is 0.844. The topological polar surface area (TPSA) is 87.9 Å². The van der Waals surface area contributed by atoms with E-state index in [1.807, 2.05) is 0 Å². The van der Waals surface area contributed by atoms with Crippen molar-refractivity contribution < 1.29 is 22.1 Å². The van der Waals surface area contributed by atoms with Gasteiger partial charge in [-0.15, -0.1) is 0 Å². The van der Waals surface area contributed by atoms with E-state index >= 15 is 0 Å². The van der Waals surface area contributed by atoms with Crippen LogP contribution in [0, 0.1) is 0 Å². The number of hydrogen-bond donors (Lipinski definition) is 1. The summed E-state index contributed by atoms with van der Waals surface area (Å²) in [7, 11) is -4.07. The summed E-state index contributed by atoms with van der Waals surface area (Å²) in [4.78, 5) is 0. The summed E-state index contributed by atoms with van der Waals surface area (Å²) in [5.41, 5.74) is 0.687. The van der Waals surface area contributed by atoms with Gasteiger partial charge in [-0.2, -0.15) is 8.42 Å². The fourth-order valence-electron chi connectivity index (χ4n) is 3.28. The van der Waals surface area contributed by atoms with E-state index in [-0.39, 0.29) is 6.61 Å². The Balaban J connectivity index is 1.87. The minimum atomic E-state index is -4.07. The van der Waals surface area contributed by atoms with Gasteiger partial charge in [0.15, 0.2) is 5.79 Å². The molecular formula is C15H19Cl2NO5S. The van der Waals surface area contributed by atoms with Gasteiger partial charge in [-0.25, -0.2) is 5.14 Å². The number of rotatable bonds is 4. The van der Waals surface area contributed by atoms with Crippen LogP contribution >= 0.6 is 23.2 Å². The molecule has 1 heterocycles. The highest BCUT2D eigenvalue weighted by Crippen LogP contribution is 2.47. The number of halogens is 2. The van der Waals surface area contributed by atoms with Crippen LogP contribution in [-0.4, -0.2) is 26.9 Å². The molecule has 0 bridgehead atoms. The van der Waals surface area contributed by atoms with Crippen molar-refractivity contribution in [3.05, 3.63) is 33.8 Å². The highest BCUT2D eigenvalue weighted by molar-refractivity contribution is 7.84. The van der Waals surface area contributed by atoms with Crippen molar-refractivity contribution in [2.24, 2.45) is 5.14 Å². The SMILES string of the molecule is NS(=O)(=O)OC[C@@H]1OC2(CCCCC2)O[C@H]1c1ccc(Cl)cc1Cl. The fourth-order valence-corrected chi connectivity index (χ4v) is 4.12. The van der Waals surface area contributed by atoms with Gasteiger partial charge in [0.2, 0.25) is 0 Å². The third-order valence-electron chi connectivity index (χ3n) is 4.33. The van der Waals surface area contributed by atoms with E-state index in [9.17, 15) is 8.42 Å². The average Bonchev–Trinajstić information content (AvgIpc) is 2.83. The molecule has 2 fully saturated rings. The van der Waals surface area contributed by atoms with Gasteiger partial charge in [0.1, 0.15) is 12.2 Å². The van der Waals surface area contributed by atoms with Crippen molar-refractivity contribution >= 4 is 33.5 Å². The molecule has 0 aromatic heterocycles. The summed E-state index contributed by atoms with van der Waals surface area (Å²) in [6, 6.07) is 5.07. The standard InChI is InChI=1S/C15H19Cl2NO5S/c16-10-4-5-11(12(17)8-10)14-13(9-21-24(18,19)20)22-15(23-14)6-2-1-3-7-15/h4-5,8,13-14H,1-3,6-7,9H2,(H2,18,19,20)/t13-,14-/m0/s1. The van der Waals surface area contributed by atoms with E-state index in [2.05, 4.69) is 0 Å². The third kappa shape index (κ3) is 4.22. The van der Waals surface area contributed by atoms with E-state index in [4.69, 9.17) is 42.0 Å². The summed E-state index contributed by atoms with van der Waals surface area (Å²) in [5.74, 6) is -0.724. The van der Waals surface area contributed by atoms with Crippen molar-refractivity contribution in [3.8, 4) is 0 Å². The molecule has 2 N–H and O–H groups in total. The van der Waals surface area contributed by atoms with E-state index in [0.29, 0.717) is 15.6 Å². The summed E-state index contributed by atoms with van der Waals surface area (Å²) in [6.07, 6.45) is 3.43. The molecule has 1 saturated heterocycles. The second-order valence-corrected chi connectivity index (χ2v) is 8.17. The zero-order valence-electron chi connectivity index (χ0n) is 12.9. The lowest BCUT2D eigenvalue weighted by Gasteiger charge is -2.32. The molecule has 6 nitrogen and oxygen atoms in total. The Bertz CT molecular complexity index is 706. The van der Waals surface area contributed by atoms with Gasteiger partial charge in [-0.05, 0) is 25.0 Å². The Morgan fingerprint density at radius 1 is 1.21 bits per heavy atom. The van der Waals surface area contributed by atoms with Crippen LogP contribution < -0.4 is 5.14 Å². The lowest BCUT2D eigenvalue weighted by molar-refractivity contribution is -0.196. The molecule has 1 aromatic carbocycles. The molecule has 2 atom stereocenters. The number of ether oxygens (including phenoxy) is 2. The van der Waals surface area contributed by atoms with Crippen LogP contribution in [0.4, 0.5) is 0 Å². The molecule has 1 saturated carbocycles. The summed E-state index contributed by atoms with van der Waals surface area (Å²) in [6.45, 7) is -0.232. The Kier molecular flexibility index (Phi) is 5.42. The van der Waals surface area contributed by atoms with Crippen LogP contribution in [0.15, 0.2) is 18.2 Å². The maximum atomic E-state index is 11.1. The molecular weight excluding hydrogens is 377 g/mol. The zero-order chi connectivity index (χ0) is 17.4. The first kappa shape index (κ1) is 18.4. The van der Waals surface area contributed by atoms with Crippen LogP contribution in [0.2, 0.25) is 10.0 Å². The van der Waals surface area contributed by atoms with Gasteiger partial charge in [0.05, 0.1) is 6.61 Å². The van der Waals surface area contributed by atoms with Crippen LogP contribution in [-0.2, 0) is 24.0 Å². The van der Waals surface area contributed by atoms with Crippen molar-refractivity contribution in [2.45, 2.75) is 50.1 Å². The first-order chi connectivity index (χ1) is 11.3. The van der Waals surface area contributed by atoms with Crippen molar-refractivity contribution in [2.75, 3.05) is 6.61 Å². The molecule has 24 heavy (non-hydrogen) atoms. The molecule has 1 aliphatic heterocycles. The third-order valence-corrected chi connectivity index (χ3v) is 5.35. The van der Waals surface area contributed by atoms with E-state index in [0.717, 1.165) is 32.1 Å². The van der Waals surface area contributed by atoms with Crippen molar-refractivity contribution in [3.63, 3.8) is 0 Å².